The van der Waals surface area contributed by atoms with Crippen LogP contribution in [0.1, 0.15) is 70.9 Å². The maximum atomic E-state index is 13.6. The van der Waals surface area contributed by atoms with E-state index in [4.69, 9.17) is 11.5 Å². The zero-order valence-corrected chi connectivity index (χ0v) is 42.9. The summed E-state index contributed by atoms with van der Waals surface area (Å²) in [7, 11) is 0. The lowest BCUT2D eigenvalue weighted by atomic mass is 10.0. The fourth-order valence-corrected chi connectivity index (χ4v) is 7.86. The minimum atomic E-state index is -1.80. The van der Waals surface area contributed by atoms with Crippen LogP contribution in [0.3, 0.4) is 0 Å². The number of phenolic OH excluding ortho intramolecular Hbond substituents is 1. The zero-order chi connectivity index (χ0) is 57.7. The molecule has 0 spiro atoms. The molecule has 422 valence electrons. The summed E-state index contributed by atoms with van der Waals surface area (Å²) in [5.74, 6) is -13.5. The molecule has 0 saturated carbocycles. The van der Waals surface area contributed by atoms with E-state index >= 15 is 0 Å². The largest absolute Gasteiger partial charge is 0.508 e. The third-order valence-electron chi connectivity index (χ3n) is 12.1. The number of hydrogen-bond acceptors (Lipinski definition) is 16. The highest BCUT2D eigenvalue weighted by Crippen LogP contribution is 2.20. The number of carbonyl (C=O) groups is 12. The van der Waals surface area contributed by atoms with Crippen molar-refractivity contribution in [3.8, 4) is 5.75 Å². The van der Waals surface area contributed by atoms with E-state index in [1.807, 2.05) is 0 Å². The van der Waals surface area contributed by atoms with Crippen LogP contribution in [0.15, 0.2) is 54.6 Å². The number of benzene rings is 2. The Bertz CT molecular complexity index is 2440. The second kappa shape index (κ2) is 30.3. The zero-order valence-electron chi connectivity index (χ0n) is 42.9. The van der Waals surface area contributed by atoms with Gasteiger partial charge in [0.2, 0.25) is 59.1 Å². The van der Waals surface area contributed by atoms with E-state index in [1.54, 1.807) is 42.5 Å². The van der Waals surface area contributed by atoms with E-state index in [0.717, 1.165) is 6.92 Å². The Morgan fingerprint density at radius 1 is 0.662 bits per heavy atom. The Hall–Kier alpha value is -8.24. The van der Waals surface area contributed by atoms with E-state index < -0.39 is 170 Å². The van der Waals surface area contributed by atoms with Gasteiger partial charge in [-0.05, 0) is 68.7 Å². The Labute approximate surface area is 442 Å². The molecule has 1 saturated heterocycles. The average Bonchev–Trinajstić information content (AvgIpc) is 3.87. The predicted octanol–water partition coefficient (Wildman–Crippen LogP) is -5.12. The van der Waals surface area contributed by atoms with Gasteiger partial charge in [-0.3, -0.25) is 52.7 Å². The highest BCUT2D eigenvalue weighted by atomic mass is 16.4. The molecule has 1 aliphatic rings. The van der Waals surface area contributed by atoms with Crippen molar-refractivity contribution in [2.75, 3.05) is 19.7 Å². The molecule has 0 bridgehead atoms. The van der Waals surface area contributed by atoms with Crippen LogP contribution >= 0.6 is 0 Å². The second-order valence-electron chi connectivity index (χ2n) is 18.7. The number of amides is 10. The van der Waals surface area contributed by atoms with Gasteiger partial charge < -0.3 is 84.4 Å². The number of aliphatic hydroxyl groups is 2. The van der Waals surface area contributed by atoms with Crippen molar-refractivity contribution in [1.82, 2.24) is 47.4 Å². The first-order valence-electron chi connectivity index (χ1n) is 24.5. The normalized spacial score (nSPS) is 16.5. The third-order valence-corrected chi connectivity index (χ3v) is 12.1. The Morgan fingerprint density at radius 2 is 1.25 bits per heavy atom. The molecule has 0 unspecified atom stereocenters. The van der Waals surface area contributed by atoms with Gasteiger partial charge in [0.1, 0.15) is 54.1 Å². The SMILES string of the molecule is CC(C)[C@H](NC(=O)[C@H](CC(N)=O)NC(=O)[C@@H](NC(=O)[C@@H]1CCCN1C(=O)[C@@H](N)Cc1ccc(O)cc1)[C@@H](C)O)C(=O)NCC(=O)N[C@@H](CO)C(=O)N[C@@H](CCC(=O)O)C(=O)N[C@@H](C)C(=O)N[C@@H](Cc1ccccc1)C(=O)O. The number of carboxylic acids is 2. The van der Waals surface area contributed by atoms with Crippen LogP contribution in [0, 0.1) is 5.92 Å². The molecule has 0 aliphatic carbocycles. The smallest absolute Gasteiger partial charge is 0.326 e. The van der Waals surface area contributed by atoms with Crippen LogP contribution in [0.25, 0.3) is 0 Å². The number of primary amides is 1. The first-order valence-corrected chi connectivity index (χ1v) is 24.5. The van der Waals surface area contributed by atoms with E-state index in [-0.39, 0.29) is 31.6 Å². The highest BCUT2D eigenvalue weighted by molar-refractivity contribution is 5.99. The standard InChI is InChI=1S/C49H69N11O17/c1-24(2)39(58-43(70)32(21-36(51)64)56-47(74)40(26(4)62)59-45(72)35-11-8-18-60(35)48(75)30(50)19-28-12-14-29(63)15-13-28)46(73)52-22-37(65)54-34(23-61)44(71)55-31(16-17-38(66)67)42(69)53-25(3)41(68)57-33(49(76)77)20-27-9-6-5-7-10-27/h5-7,9-10,12-15,24-26,30-35,39-40,61-63H,8,11,16-23,50H2,1-4H3,(H2,51,64)(H,52,73)(H,53,69)(H,54,65)(H,55,71)(H,56,74)(H,57,68)(H,58,70)(H,59,72)(H,66,67)(H,76,77)/t25-,26+,30-,31-,32-,33-,34-,35-,39-,40-/m0/s1. The molecule has 77 heavy (non-hydrogen) atoms. The number of nitrogens with one attached hydrogen (secondary N) is 8. The topological polar surface area (TPSA) is 458 Å². The van der Waals surface area contributed by atoms with Crippen molar-refractivity contribution < 1.29 is 83.1 Å². The number of rotatable bonds is 30. The Morgan fingerprint density at radius 3 is 1.82 bits per heavy atom. The molecule has 17 N–H and O–H groups in total. The first-order chi connectivity index (χ1) is 36.2. The minimum Gasteiger partial charge on any atom is -0.508 e. The Balaban J connectivity index is 1.62. The molecule has 28 nitrogen and oxygen atoms in total. The summed E-state index contributed by atoms with van der Waals surface area (Å²) in [6, 6.07) is 0.925. The van der Waals surface area contributed by atoms with Crippen LogP contribution < -0.4 is 54.0 Å². The molecule has 1 aliphatic heterocycles. The lowest BCUT2D eigenvalue weighted by Gasteiger charge is -2.30. The van der Waals surface area contributed by atoms with Crippen LogP contribution in [0.5, 0.6) is 5.75 Å². The molecule has 10 amide bonds. The summed E-state index contributed by atoms with van der Waals surface area (Å²) in [6.07, 6.45) is -3.08. The predicted molar refractivity (Wildman–Crippen MR) is 269 cm³/mol. The summed E-state index contributed by atoms with van der Waals surface area (Å²) >= 11 is 0. The average molecular weight is 1080 g/mol. The molecule has 1 heterocycles. The maximum Gasteiger partial charge on any atom is 0.326 e. The van der Waals surface area contributed by atoms with Crippen molar-refractivity contribution in [3.63, 3.8) is 0 Å². The van der Waals surface area contributed by atoms with Gasteiger partial charge in [0, 0.05) is 19.4 Å². The molecular weight excluding hydrogens is 1010 g/mol. The van der Waals surface area contributed by atoms with Gasteiger partial charge in [0.05, 0.1) is 31.7 Å². The second-order valence-corrected chi connectivity index (χ2v) is 18.7. The van der Waals surface area contributed by atoms with Gasteiger partial charge in [-0.25, -0.2) is 4.79 Å². The van der Waals surface area contributed by atoms with Gasteiger partial charge in [0.25, 0.3) is 0 Å². The molecule has 2 aromatic carbocycles. The number of carbonyl (C=O) groups excluding carboxylic acids is 10. The van der Waals surface area contributed by atoms with Crippen LogP contribution in [-0.2, 0) is 70.4 Å². The third kappa shape index (κ3) is 20.4. The molecular formula is C49H69N11O17. The van der Waals surface area contributed by atoms with Crippen molar-refractivity contribution in [2.24, 2.45) is 17.4 Å². The number of likely N-dealkylation sites (tertiary alicyclic amines) is 1. The molecule has 2 aromatic rings. The van der Waals surface area contributed by atoms with Crippen molar-refractivity contribution >= 4 is 71.0 Å². The van der Waals surface area contributed by atoms with Gasteiger partial charge >= 0.3 is 11.9 Å². The van der Waals surface area contributed by atoms with E-state index in [1.165, 1.54) is 37.8 Å². The summed E-state index contributed by atoms with van der Waals surface area (Å²) in [5, 5.41) is 67.3. The summed E-state index contributed by atoms with van der Waals surface area (Å²) < 4.78 is 0. The fourth-order valence-electron chi connectivity index (χ4n) is 7.86. The van der Waals surface area contributed by atoms with Gasteiger partial charge in [-0.2, -0.15) is 0 Å². The molecule has 28 heteroatoms. The lowest BCUT2D eigenvalue weighted by Crippen LogP contribution is -2.61. The molecule has 10 atom stereocenters. The van der Waals surface area contributed by atoms with Crippen molar-refractivity contribution in [2.45, 2.75) is 133 Å². The van der Waals surface area contributed by atoms with Gasteiger partial charge in [-0.15, -0.1) is 0 Å². The summed E-state index contributed by atoms with van der Waals surface area (Å²) in [4.78, 5) is 157. The minimum absolute atomic E-state index is 0.0148. The van der Waals surface area contributed by atoms with Crippen molar-refractivity contribution in [3.05, 3.63) is 65.7 Å². The molecule has 1 fully saturated rings. The number of hydrogen-bond donors (Lipinski definition) is 15. The highest BCUT2D eigenvalue weighted by Gasteiger charge is 2.40. The molecule has 0 aromatic heterocycles. The van der Waals surface area contributed by atoms with E-state index in [0.29, 0.717) is 17.5 Å². The summed E-state index contributed by atoms with van der Waals surface area (Å²) in [6.45, 7) is 3.52. The maximum absolute atomic E-state index is 13.6. The van der Waals surface area contributed by atoms with Crippen molar-refractivity contribution in [1.29, 1.82) is 0 Å². The van der Waals surface area contributed by atoms with Crippen LogP contribution in [-0.4, -0.2) is 182 Å². The number of phenols is 1. The number of aliphatic carboxylic acids is 2. The monoisotopic (exact) mass is 1080 g/mol. The van der Waals surface area contributed by atoms with E-state index in [9.17, 15) is 83.1 Å². The number of carboxylic acid groups (broad SMARTS) is 2. The molecule has 3 rings (SSSR count). The van der Waals surface area contributed by atoms with Gasteiger partial charge in [0.15, 0.2) is 0 Å². The lowest BCUT2D eigenvalue weighted by molar-refractivity contribution is -0.142. The number of nitrogens with zero attached hydrogens (tertiary/aromatic N) is 1. The quantitative estimate of drug-likeness (QED) is 0.0348. The number of nitrogens with two attached hydrogens (primary N) is 2. The Kier molecular flexibility index (Phi) is 24.8. The first kappa shape index (κ1) is 63.1. The van der Waals surface area contributed by atoms with Crippen LogP contribution in [0.2, 0.25) is 0 Å². The van der Waals surface area contributed by atoms with Gasteiger partial charge in [-0.1, -0.05) is 56.3 Å². The van der Waals surface area contributed by atoms with E-state index in [2.05, 4.69) is 42.5 Å². The molecule has 0 radical (unpaired) electrons. The fraction of sp³-hybridized carbons (Fsp3) is 0.510. The number of aromatic hydroxyl groups is 1. The number of aliphatic hydroxyl groups excluding tert-OH is 2. The van der Waals surface area contributed by atoms with Crippen LogP contribution in [0.4, 0.5) is 0 Å². The summed E-state index contributed by atoms with van der Waals surface area (Å²) in [5.41, 5.74) is 12.8.